The largest absolute Gasteiger partial charge is 0.487 e. The van der Waals surface area contributed by atoms with Gasteiger partial charge in [0.05, 0.1) is 11.3 Å². The zero-order valence-corrected chi connectivity index (χ0v) is 22.0. The standard InChI is InChI=1S/C30H36F3NO3/c1-5-6-8-21(3)18-25-22(4)23(12-14-29(35)36)11-13-28(25)37-19-27-26(30(31,32)33)15-16-34(27)24-10-7-9-20(2)17-24/h7,9-11,13,15-17,21H,5-6,8,12,14,18-19H2,1-4H3,(H,35,36)/t21-/m0/s1. The number of carboxylic acids is 1. The van der Waals surface area contributed by atoms with E-state index in [4.69, 9.17) is 9.84 Å². The lowest BCUT2D eigenvalue weighted by molar-refractivity contribution is -0.139. The Labute approximate surface area is 217 Å². The van der Waals surface area contributed by atoms with Crippen LogP contribution in [0.2, 0.25) is 0 Å². The van der Waals surface area contributed by atoms with Crippen molar-refractivity contribution in [1.82, 2.24) is 4.57 Å². The smallest absolute Gasteiger partial charge is 0.418 e. The highest BCUT2D eigenvalue weighted by Crippen LogP contribution is 2.36. The second kappa shape index (κ2) is 12.3. The van der Waals surface area contributed by atoms with Crippen molar-refractivity contribution in [3.63, 3.8) is 0 Å². The average Bonchev–Trinajstić information content (AvgIpc) is 3.27. The predicted molar refractivity (Wildman–Crippen MR) is 139 cm³/mol. The van der Waals surface area contributed by atoms with E-state index in [1.807, 2.05) is 38.1 Å². The second-order valence-corrected chi connectivity index (χ2v) is 9.84. The minimum atomic E-state index is -4.51. The Bertz CT molecular complexity index is 1210. The van der Waals surface area contributed by atoms with Crippen LogP contribution in [0.1, 0.15) is 73.0 Å². The van der Waals surface area contributed by atoms with Gasteiger partial charge in [0.1, 0.15) is 12.4 Å². The van der Waals surface area contributed by atoms with Crippen LogP contribution in [0.4, 0.5) is 13.2 Å². The van der Waals surface area contributed by atoms with Gasteiger partial charge in [-0.3, -0.25) is 4.79 Å². The maximum Gasteiger partial charge on any atom is 0.418 e. The summed E-state index contributed by atoms with van der Waals surface area (Å²) in [7, 11) is 0. The van der Waals surface area contributed by atoms with Crippen LogP contribution in [0.25, 0.3) is 5.69 Å². The summed E-state index contributed by atoms with van der Waals surface area (Å²) in [6.45, 7) is 7.89. The number of halogens is 3. The van der Waals surface area contributed by atoms with Crippen LogP contribution in [0, 0.1) is 19.8 Å². The highest BCUT2D eigenvalue weighted by atomic mass is 19.4. The first-order valence-electron chi connectivity index (χ1n) is 12.8. The molecule has 1 aromatic heterocycles. The summed E-state index contributed by atoms with van der Waals surface area (Å²) in [5, 5.41) is 9.13. The van der Waals surface area contributed by atoms with Crippen LogP contribution in [0.15, 0.2) is 48.7 Å². The molecule has 0 saturated heterocycles. The third-order valence-electron chi connectivity index (χ3n) is 6.82. The molecule has 7 heteroatoms. The number of hydrogen-bond acceptors (Lipinski definition) is 2. The third-order valence-corrected chi connectivity index (χ3v) is 6.82. The average molecular weight is 516 g/mol. The summed E-state index contributed by atoms with van der Waals surface area (Å²) >= 11 is 0. The van der Waals surface area contributed by atoms with E-state index in [0.717, 1.165) is 47.6 Å². The van der Waals surface area contributed by atoms with Gasteiger partial charge in [-0.05, 0) is 79.1 Å². The molecule has 0 unspecified atom stereocenters. The number of aliphatic carboxylic acids is 1. The lowest BCUT2D eigenvalue weighted by Gasteiger charge is -2.21. The van der Waals surface area contributed by atoms with Gasteiger partial charge in [-0.1, -0.05) is 51.3 Å². The van der Waals surface area contributed by atoms with Crippen molar-refractivity contribution in [3.05, 3.63) is 82.2 Å². The van der Waals surface area contributed by atoms with Crippen LogP contribution in [0.5, 0.6) is 5.75 Å². The quantitative estimate of drug-likeness (QED) is 0.265. The summed E-state index contributed by atoms with van der Waals surface area (Å²) in [5.74, 6) is 0.0387. The molecule has 0 fully saturated rings. The van der Waals surface area contributed by atoms with Gasteiger partial charge in [-0.2, -0.15) is 13.2 Å². The first kappa shape index (κ1) is 28.4. The molecule has 1 N–H and O–H groups in total. The first-order valence-corrected chi connectivity index (χ1v) is 12.8. The van der Waals surface area contributed by atoms with Gasteiger partial charge in [-0.15, -0.1) is 0 Å². The Hall–Kier alpha value is -3.22. The lowest BCUT2D eigenvalue weighted by Crippen LogP contribution is -2.14. The minimum Gasteiger partial charge on any atom is -0.487 e. The summed E-state index contributed by atoms with van der Waals surface area (Å²) < 4.78 is 49.4. The summed E-state index contributed by atoms with van der Waals surface area (Å²) in [6, 6.07) is 12.0. The second-order valence-electron chi connectivity index (χ2n) is 9.84. The van der Waals surface area contributed by atoms with E-state index in [1.165, 1.54) is 10.8 Å². The molecular weight excluding hydrogens is 479 g/mol. The van der Waals surface area contributed by atoms with Crippen LogP contribution in [0.3, 0.4) is 0 Å². The number of aromatic nitrogens is 1. The highest BCUT2D eigenvalue weighted by molar-refractivity contribution is 5.67. The van der Waals surface area contributed by atoms with Gasteiger partial charge in [0.25, 0.3) is 0 Å². The van der Waals surface area contributed by atoms with E-state index in [-0.39, 0.29) is 18.7 Å². The van der Waals surface area contributed by atoms with Crippen molar-refractivity contribution in [2.75, 3.05) is 0 Å². The first-order chi connectivity index (χ1) is 17.5. The lowest BCUT2D eigenvalue weighted by atomic mass is 9.90. The minimum absolute atomic E-state index is 0.0187. The highest BCUT2D eigenvalue weighted by Gasteiger charge is 2.35. The van der Waals surface area contributed by atoms with Gasteiger partial charge >= 0.3 is 12.1 Å². The molecule has 4 nitrogen and oxygen atoms in total. The summed E-state index contributed by atoms with van der Waals surface area (Å²) in [5.41, 5.74) is 3.72. The van der Waals surface area contributed by atoms with Gasteiger partial charge in [0.2, 0.25) is 0 Å². The number of hydrogen-bond donors (Lipinski definition) is 1. The number of alkyl halides is 3. The molecule has 3 rings (SSSR count). The molecule has 37 heavy (non-hydrogen) atoms. The van der Waals surface area contributed by atoms with E-state index in [9.17, 15) is 18.0 Å². The van der Waals surface area contributed by atoms with E-state index >= 15 is 0 Å². The fourth-order valence-corrected chi connectivity index (χ4v) is 4.72. The number of nitrogens with zero attached hydrogens (tertiary/aromatic N) is 1. The summed E-state index contributed by atoms with van der Waals surface area (Å²) in [6.07, 6.45) is 1.26. The number of unbranched alkanes of at least 4 members (excludes halogenated alkanes) is 1. The van der Waals surface area contributed by atoms with Crippen LogP contribution in [-0.2, 0) is 30.4 Å². The number of benzene rings is 2. The maximum atomic E-state index is 13.9. The monoisotopic (exact) mass is 515 g/mol. The number of carboxylic acid groups (broad SMARTS) is 1. The Morgan fingerprint density at radius 3 is 2.54 bits per heavy atom. The number of ether oxygens (including phenoxy) is 1. The molecule has 1 heterocycles. The van der Waals surface area contributed by atoms with Gasteiger partial charge in [0, 0.05) is 18.3 Å². The molecule has 0 radical (unpaired) electrons. The molecule has 0 amide bonds. The molecule has 0 aliphatic rings. The molecule has 200 valence electrons. The third kappa shape index (κ3) is 7.40. The molecular formula is C30H36F3NO3. The van der Waals surface area contributed by atoms with Gasteiger partial charge < -0.3 is 14.4 Å². The topological polar surface area (TPSA) is 51.5 Å². The van der Waals surface area contributed by atoms with Crippen molar-refractivity contribution < 1.29 is 27.8 Å². The Kier molecular flexibility index (Phi) is 9.46. The van der Waals surface area contributed by atoms with E-state index in [2.05, 4.69) is 13.8 Å². The molecule has 0 aliphatic carbocycles. The normalized spacial score (nSPS) is 12.5. The van der Waals surface area contributed by atoms with Crippen molar-refractivity contribution in [2.24, 2.45) is 5.92 Å². The number of carbonyl (C=O) groups is 1. The van der Waals surface area contributed by atoms with Crippen LogP contribution >= 0.6 is 0 Å². The zero-order valence-electron chi connectivity index (χ0n) is 22.0. The Morgan fingerprint density at radius 1 is 1.14 bits per heavy atom. The molecule has 0 saturated carbocycles. The van der Waals surface area contributed by atoms with Crippen molar-refractivity contribution >= 4 is 5.97 Å². The zero-order chi connectivity index (χ0) is 27.2. The fraction of sp³-hybridized carbons (Fsp3) is 0.433. The van der Waals surface area contributed by atoms with Crippen molar-refractivity contribution in [1.29, 1.82) is 0 Å². The summed E-state index contributed by atoms with van der Waals surface area (Å²) in [4.78, 5) is 11.1. The van der Waals surface area contributed by atoms with E-state index in [0.29, 0.717) is 30.2 Å². The predicted octanol–water partition coefficient (Wildman–Crippen LogP) is 8.08. The molecule has 1 atom stereocenters. The molecule has 2 aromatic carbocycles. The van der Waals surface area contributed by atoms with Crippen molar-refractivity contribution in [3.8, 4) is 11.4 Å². The van der Waals surface area contributed by atoms with Crippen molar-refractivity contribution in [2.45, 2.75) is 79.0 Å². The molecule has 3 aromatic rings. The SMILES string of the molecule is CCCC[C@H](C)Cc1c(OCc2c(C(F)(F)F)ccn2-c2cccc(C)c2)ccc(CCC(=O)O)c1C. The molecule has 0 spiro atoms. The Balaban J connectivity index is 1.98. The van der Waals surface area contributed by atoms with Crippen LogP contribution < -0.4 is 4.74 Å². The van der Waals surface area contributed by atoms with Gasteiger partial charge in [0.15, 0.2) is 0 Å². The molecule has 0 aliphatic heterocycles. The van der Waals surface area contributed by atoms with Crippen LogP contribution in [-0.4, -0.2) is 15.6 Å². The number of rotatable bonds is 12. The number of aryl methyl sites for hydroxylation is 2. The maximum absolute atomic E-state index is 13.9. The molecule has 0 bridgehead atoms. The van der Waals surface area contributed by atoms with E-state index < -0.39 is 17.7 Å². The Morgan fingerprint density at radius 2 is 1.89 bits per heavy atom. The van der Waals surface area contributed by atoms with E-state index in [1.54, 1.807) is 12.1 Å². The fourth-order valence-electron chi connectivity index (χ4n) is 4.72. The van der Waals surface area contributed by atoms with Gasteiger partial charge in [-0.25, -0.2) is 0 Å².